The van der Waals surface area contributed by atoms with Gasteiger partial charge in [0.15, 0.2) is 0 Å². The molecule has 0 aromatic rings. The Morgan fingerprint density at radius 2 is 0.395 bits per heavy atom. The van der Waals surface area contributed by atoms with Crippen LogP contribution in [0.1, 0.15) is 89.9 Å². The molecule has 0 fully saturated rings. The van der Waals surface area contributed by atoms with Crippen LogP contribution in [0.2, 0.25) is 0 Å². The third-order valence-corrected chi connectivity index (χ3v) is 4.34. The van der Waals surface area contributed by atoms with E-state index in [4.69, 9.17) is 65.3 Å². The number of methoxy groups -OCH3 is 3. The highest BCUT2D eigenvalue weighted by Gasteiger charge is 1.87. The second-order valence-electron chi connectivity index (χ2n) is 7.55. The lowest BCUT2D eigenvalue weighted by Gasteiger charge is -1.96. The quantitative estimate of drug-likeness (QED) is 0.0795. The van der Waals surface area contributed by atoms with Crippen LogP contribution in [0.25, 0.3) is 0 Å². The number of rotatable bonds is 21. The minimum absolute atomic E-state index is 0.283. The molecular formula is C30H78O13. The fraction of sp³-hybridized carbons (Fsp3) is 1.00. The van der Waals surface area contributed by atoms with Gasteiger partial charge in [0.05, 0.1) is 0 Å². The molecule has 13 heteroatoms. The lowest BCUT2D eigenvalue weighted by Crippen LogP contribution is -1.89. The van der Waals surface area contributed by atoms with Crippen LogP contribution in [0.5, 0.6) is 0 Å². The van der Waals surface area contributed by atoms with Crippen molar-refractivity contribution in [1.29, 1.82) is 0 Å². The zero-order valence-electron chi connectivity index (χ0n) is 29.3. The molecule has 276 valence electrons. The van der Waals surface area contributed by atoms with E-state index < -0.39 is 0 Å². The first-order valence-corrected chi connectivity index (χ1v) is 14.9. The summed E-state index contributed by atoms with van der Waals surface area (Å²) < 4.78 is 14.5. The Labute approximate surface area is 265 Å². The smallest absolute Gasteiger partial charge is 0.0462 e. The van der Waals surface area contributed by atoms with Crippen molar-refractivity contribution in [2.45, 2.75) is 89.9 Å². The molecule has 0 aromatic carbocycles. The highest BCUT2D eigenvalue weighted by atomic mass is 16.5. The molecule has 0 saturated carbocycles. The number of ether oxygens (including phenoxy) is 3. The molecule has 0 saturated heterocycles. The van der Waals surface area contributed by atoms with Crippen molar-refractivity contribution >= 4 is 0 Å². The average Bonchev–Trinajstić information content (AvgIpc) is 3.09. The molecule has 43 heavy (non-hydrogen) atoms. The molecule has 0 radical (unpaired) electrons. The van der Waals surface area contributed by atoms with Crippen LogP contribution in [-0.2, 0) is 14.2 Å². The molecule has 0 spiro atoms. The molecular weight excluding hydrogens is 568 g/mol. The maximum absolute atomic E-state index is 8.39. The number of hydrogen-bond acceptors (Lipinski definition) is 13. The number of aliphatic hydroxyl groups excluding tert-OH is 10. The molecule has 13 nitrogen and oxygen atoms in total. The number of hydrogen-bond donors (Lipinski definition) is 10. The van der Waals surface area contributed by atoms with Crippen molar-refractivity contribution in [3.63, 3.8) is 0 Å². The van der Waals surface area contributed by atoms with Crippen LogP contribution in [0.15, 0.2) is 0 Å². The summed E-state index contributed by atoms with van der Waals surface area (Å²) in [5.41, 5.74) is 0. The number of unbranched alkanes of at least 4 members (excludes halogenated alkanes) is 10. The maximum atomic E-state index is 8.39. The predicted octanol–water partition coefficient (Wildman–Crippen LogP) is 1.35. The Bertz CT molecular complexity index is 218. The van der Waals surface area contributed by atoms with Crippen LogP contribution >= 0.6 is 0 Å². The molecule has 0 aromatic heterocycles. The Morgan fingerprint density at radius 3 is 0.535 bits per heavy atom. The predicted molar refractivity (Wildman–Crippen MR) is 176 cm³/mol. The van der Waals surface area contributed by atoms with Gasteiger partial charge in [0.25, 0.3) is 0 Å². The molecule has 0 rings (SSSR count). The van der Waals surface area contributed by atoms with Gasteiger partial charge in [-0.1, -0.05) is 25.7 Å². The van der Waals surface area contributed by atoms with Crippen LogP contribution in [0.4, 0.5) is 0 Å². The molecule has 0 aliphatic rings. The van der Waals surface area contributed by atoms with Gasteiger partial charge in [-0.05, 0) is 64.2 Å². The van der Waals surface area contributed by atoms with E-state index in [1.807, 2.05) is 0 Å². The van der Waals surface area contributed by atoms with Gasteiger partial charge in [-0.15, -0.1) is 0 Å². The standard InChI is InChI=1S/C7H16O2.3C6H14O2.5CH4O/c1-9-7-5-3-2-4-6-8;2*1-8-6-4-2-3-5-7;7-5-3-1-2-4-6-8;5*1-2/h8H,2-7H2,1H3;2*7H,2-6H2,1H3;7-8H,1-6H2;5*2H,1H3. The van der Waals surface area contributed by atoms with E-state index >= 15 is 0 Å². The third kappa shape index (κ3) is 154. The summed E-state index contributed by atoms with van der Waals surface area (Å²) in [6.07, 6.45) is 14.3. The minimum atomic E-state index is 0.283. The largest absolute Gasteiger partial charge is 0.400 e. The molecule has 0 heterocycles. The summed E-state index contributed by atoms with van der Waals surface area (Å²) >= 11 is 0. The Hall–Kier alpha value is -0.520. The van der Waals surface area contributed by atoms with Gasteiger partial charge >= 0.3 is 0 Å². The second kappa shape index (κ2) is 113. The molecule has 0 amide bonds. The molecule has 0 unspecified atom stereocenters. The van der Waals surface area contributed by atoms with Crippen molar-refractivity contribution in [3.05, 3.63) is 0 Å². The van der Waals surface area contributed by atoms with E-state index in [0.29, 0.717) is 19.8 Å². The monoisotopic (exact) mass is 647 g/mol. The Morgan fingerprint density at radius 1 is 0.256 bits per heavy atom. The first-order valence-electron chi connectivity index (χ1n) is 14.9. The highest BCUT2D eigenvalue weighted by Crippen LogP contribution is 1.98. The molecule has 0 aliphatic heterocycles. The van der Waals surface area contributed by atoms with E-state index in [1.54, 1.807) is 21.3 Å². The third-order valence-electron chi connectivity index (χ3n) is 4.34. The fourth-order valence-electron chi connectivity index (χ4n) is 2.36. The normalized spacial score (nSPS) is 8.23. The maximum Gasteiger partial charge on any atom is 0.0462 e. The summed E-state index contributed by atoms with van der Waals surface area (Å²) in [7, 11) is 10.1. The SMILES string of the molecule is CO.CO.CO.CO.CO.COCCCCCCO.COCCCCCO.COCCCCCO.OCCCCCCO. The fourth-order valence-corrected chi connectivity index (χ4v) is 2.36. The highest BCUT2D eigenvalue weighted by molar-refractivity contribution is 4.40. The van der Waals surface area contributed by atoms with Gasteiger partial charge in [-0.25, -0.2) is 0 Å². The van der Waals surface area contributed by atoms with Crippen LogP contribution in [0.3, 0.4) is 0 Å². The summed E-state index contributed by atoms with van der Waals surface area (Å²) in [6, 6.07) is 0. The molecule has 0 aliphatic carbocycles. The lowest BCUT2D eigenvalue weighted by atomic mass is 10.2. The van der Waals surface area contributed by atoms with E-state index in [2.05, 4.69) is 0 Å². The van der Waals surface area contributed by atoms with Gasteiger partial charge < -0.3 is 65.3 Å². The van der Waals surface area contributed by atoms with Gasteiger partial charge in [-0.3, -0.25) is 0 Å². The van der Waals surface area contributed by atoms with Crippen LogP contribution in [0, 0.1) is 0 Å². The second-order valence-corrected chi connectivity index (χ2v) is 7.55. The van der Waals surface area contributed by atoms with E-state index in [9.17, 15) is 0 Å². The van der Waals surface area contributed by atoms with Crippen molar-refractivity contribution in [1.82, 2.24) is 0 Å². The Kier molecular flexibility index (Phi) is 172. The van der Waals surface area contributed by atoms with Crippen molar-refractivity contribution in [3.8, 4) is 0 Å². The number of aliphatic hydroxyl groups is 10. The lowest BCUT2D eigenvalue weighted by molar-refractivity contribution is 0.188. The topological polar surface area (TPSA) is 230 Å². The van der Waals surface area contributed by atoms with E-state index in [0.717, 1.165) is 139 Å². The first-order chi connectivity index (χ1) is 21.2. The summed E-state index contributed by atoms with van der Waals surface area (Å²) in [6.45, 7) is 4.00. The zero-order chi connectivity index (χ0) is 35.7. The minimum Gasteiger partial charge on any atom is -0.400 e. The van der Waals surface area contributed by atoms with Gasteiger partial charge in [-0.2, -0.15) is 0 Å². The van der Waals surface area contributed by atoms with Gasteiger partial charge in [0.2, 0.25) is 0 Å². The van der Waals surface area contributed by atoms with Gasteiger partial charge in [0.1, 0.15) is 0 Å². The summed E-state index contributed by atoms with van der Waals surface area (Å²) in [4.78, 5) is 0. The van der Waals surface area contributed by atoms with E-state index in [1.165, 1.54) is 6.42 Å². The summed E-state index contributed by atoms with van der Waals surface area (Å²) in [5.74, 6) is 0. The van der Waals surface area contributed by atoms with Crippen molar-refractivity contribution in [2.24, 2.45) is 0 Å². The first kappa shape index (κ1) is 65.2. The van der Waals surface area contributed by atoms with E-state index in [-0.39, 0.29) is 13.2 Å². The molecule has 0 bridgehead atoms. The molecule has 10 N–H and O–H groups in total. The van der Waals surface area contributed by atoms with Gasteiger partial charge in [0, 0.05) is 110 Å². The van der Waals surface area contributed by atoms with Crippen LogP contribution in [-0.4, -0.2) is 161 Å². The average molecular weight is 647 g/mol. The summed E-state index contributed by atoms with van der Waals surface area (Å²) in [5, 5.41) is 76.6. The Balaban J connectivity index is -0.0000000465. The van der Waals surface area contributed by atoms with Crippen LogP contribution < -0.4 is 0 Å². The zero-order valence-corrected chi connectivity index (χ0v) is 29.3. The molecule has 0 atom stereocenters. The van der Waals surface area contributed by atoms with Crippen molar-refractivity contribution in [2.75, 3.05) is 110 Å². The van der Waals surface area contributed by atoms with Crippen molar-refractivity contribution < 1.29 is 65.3 Å².